The first-order valence-electron chi connectivity index (χ1n) is 6.34. The lowest BCUT2D eigenvalue weighted by Crippen LogP contribution is -1.98. The Morgan fingerprint density at radius 3 is 2.05 bits per heavy atom. The first-order chi connectivity index (χ1) is 8.97. The van der Waals surface area contributed by atoms with E-state index in [1.807, 2.05) is 51.1 Å². The molecule has 0 radical (unpaired) electrons. The number of rotatable bonds is 3. The Hall–Kier alpha value is -2.09. The molecule has 0 atom stereocenters. The fourth-order valence-corrected chi connectivity index (χ4v) is 2.04. The summed E-state index contributed by atoms with van der Waals surface area (Å²) in [7, 11) is 0. The van der Waals surface area contributed by atoms with Crippen molar-refractivity contribution < 1.29 is 9.53 Å². The molecule has 2 aromatic carbocycles. The number of hydrogen-bond donors (Lipinski definition) is 0. The molecule has 19 heavy (non-hydrogen) atoms. The Labute approximate surface area is 114 Å². The Morgan fingerprint density at radius 1 is 0.895 bits per heavy atom. The Balaban J connectivity index is 2.40. The lowest BCUT2D eigenvalue weighted by Gasteiger charge is -2.12. The van der Waals surface area contributed by atoms with Crippen LogP contribution in [0.5, 0.6) is 11.5 Å². The standard InChI is InChI=1S/C17H18O2/c1-11-5-7-16(13(3)9-11)19-17-8-6-12(2)10-15(17)14(4)18/h5-10H,1-4H3. The van der Waals surface area contributed by atoms with Gasteiger partial charge >= 0.3 is 0 Å². The smallest absolute Gasteiger partial charge is 0.163 e. The number of Topliss-reactive ketones (excluding diaryl/α,β-unsaturated/α-hetero) is 1. The summed E-state index contributed by atoms with van der Waals surface area (Å²) in [6.45, 7) is 7.57. The van der Waals surface area contributed by atoms with Gasteiger partial charge in [-0.1, -0.05) is 29.3 Å². The lowest BCUT2D eigenvalue weighted by atomic mass is 10.1. The van der Waals surface area contributed by atoms with Crippen LogP contribution in [0.3, 0.4) is 0 Å². The zero-order chi connectivity index (χ0) is 14.0. The second-order valence-corrected chi connectivity index (χ2v) is 4.93. The van der Waals surface area contributed by atoms with Crippen LogP contribution < -0.4 is 4.74 Å². The minimum atomic E-state index is 0.0171. The van der Waals surface area contributed by atoms with Gasteiger partial charge < -0.3 is 4.74 Å². The van der Waals surface area contributed by atoms with E-state index in [0.717, 1.165) is 16.9 Å². The zero-order valence-electron chi connectivity index (χ0n) is 11.8. The largest absolute Gasteiger partial charge is 0.456 e. The van der Waals surface area contributed by atoms with Crippen LogP contribution in [-0.4, -0.2) is 5.78 Å². The molecule has 0 aliphatic heterocycles. The van der Waals surface area contributed by atoms with Crippen molar-refractivity contribution in [1.82, 2.24) is 0 Å². The van der Waals surface area contributed by atoms with E-state index in [1.54, 1.807) is 6.92 Å². The molecule has 0 spiro atoms. The molecule has 0 saturated carbocycles. The molecule has 2 nitrogen and oxygen atoms in total. The molecule has 0 aliphatic rings. The molecule has 2 aromatic rings. The monoisotopic (exact) mass is 254 g/mol. The summed E-state index contributed by atoms with van der Waals surface area (Å²) in [6, 6.07) is 11.7. The first-order valence-corrected chi connectivity index (χ1v) is 6.34. The second kappa shape index (κ2) is 5.27. The molecule has 2 rings (SSSR count). The van der Waals surface area contributed by atoms with Gasteiger partial charge in [-0.15, -0.1) is 0 Å². The van der Waals surface area contributed by atoms with E-state index in [2.05, 4.69) is 6.07 Å². The number of hydrogen-bond acceptors (Lipinski definition) is 2. The van der Waals surface area contributed by atoms with Crippen molar-refractivity contribution in [1.29, 1.82) is 0 Å². The molecular weight excluding hydrogens is 236 g/mol. The first kappa shape index (κ1) is 13.3. The minimum Gasteiger partial charge on any atom is -0.456 e. The highest BCUT2D eigenvalue weighted by molar-refractivity contribution is 5.97. The molecule has 0 bridgehead atoms. The van der Waals surface area contributed by atoms with E-state index < -0.39 is 0 Å². The van der Waals surface area contributed by atoms with Gasteiger partial charge in [-0.25, -0.2) is 0 Å². The Bertz CT molecular complexity index is 627. The summed E-state index contributed by atoms with van der Waals surface area (Å²) in [4.78, 5) is 11.7. The highest BCUT2D eigenvalue weighted by Gasteiger charge is 2.10. The van der Waals surface area contributed by atoms with Gasteiger partial charge in [0, 0.05) is 0 Å². The number of ketones is 1. The average Bonchev–Trinajstić information content (AvgIpc) is 2.34. The van der Waals surface area contributed by atoms with Gasteiger partial charge in [-0.05, 0) is 51.5 Å². The van der Waals surface area contributed by atoms with Gasteiger partial charge in [0.15, 0.2) is 5.78 Å². The summed E-state index contributed by atoms with van der Waals surface area (Å²) in [5, 5.41) is 0. The maximum atomic E-state index is 11.7. The number of carbonyl (C=O) groups excluding carboxylic acids is 1. The summed E-state index contributed by atoms with van der Waals surface area (Å²) < 4.78 is 5.89. The minimum absolute atomic E-state index is 0.0171. The van der Waals surface area contributed by atoms with Crippen molar-refractivity contribution >= 4 is 5.78 Å². The molecule has 0 saturated heterocycles. The molecule has 0 fully saturated rings. The maximum absolute atomic E-state index is 11.7. The van der Waals surface area contributed by atoms with Crippen molar-refractivity contribution in [3.63, 3.8) is 0 Å². The van der Waals surface area contributed by atoms with Gasteiger partial charge in [0.05, 0.1) is 5.56 Å². The molecule has 0 aliphatic carbocycles. The van der Waals surface area contributed by atoms with Crippen molar-refractivity contribution in [3.05, 3.63) is 58.7 Å². The molecule has 0 unspecified atom stereocenters. The van der Waals surface area contributed by atoms with Crippen molar-refractivity contribution in [2.24, 2.45) is 0 Å². The van der Waals surface area contributed by atoms with E-state index in [9.17, 15) is 4.79 Å². The molecule has 0 heterocycles. The third-order valence-corrected chi connectivity index (χ3v) is 3.06. The van der Waals surface area contributed by atoms with Gasteiger partial charge in [-0.3, -0.25) is 4.79 Å². The van der Waals surface area contributed by atoms with Crippen LogP contribution in [0.15, 0.2) is 36.4 Å². The zero-order valence-corrected chi connectivity index (χ0v) is 11.8. The lowest BCUT2D eigenvalue weighted by molar-refractivity contribution is 0.101. The number of carbonyl (C=O) groups is 1. The summed E-state index contributed by atoms with van der Waals surface area (Å²) in [5.41, 5.74) is 3.94. The van der Waals surface area contributed by atoms with E-state index >= 15 is 0 Å². The summed E-state index contributed by atoms with van der Waals surface area (Å²) in [5.74, 6) is 1.42. The average molecular weight is 254 g/mol. The fraction of sp³-hybridized carbons (Fsp3) is 0.235. The normalized spacial score (nSPS) is 10.3. The van der Waals surface area contributed by atoms with Crippen LogP contribution in [0.2, 0.25) is 0 Å². The van der Waals surface area contributed by atoms with Crippen molar-refractivity contribution in [3.8, 4) is 11.5 Å². The van der Waals surface area contributed by atoms with Crippen LogP contribution in [0, 0.1) is 20.8 Å². The number of aryl methyl sites for hydroxylation is 3. The fourth-order valence-electron chi connectivity index (χ4n) is 2.04. The highest BCUT2D eigenvalue weighted by Crippen LogP contribution is 2.29. The quantitative estimate of drug-likeness (QED) is 0.748. The number of benzene rings is 2. The Morgan fingerprint density at radius 2 is 1.47 bits per heavy atom. The third-order valence-electron chi connectivity index (χ3n) is 3.06. The van der Waals surface area contributed by atoms with Crippen LogP contribution in [0.25, 0.3) is 0 Å². The number of ether oxygens (including phenoxy) is 1. The summed E-state index contributed by atoms with van der Waals surface area (Å²) in [6.07, 6.45) is 0. The van der Waals surface area contributed by atoms with Gasteiger partial charge in [0.1, 0.15) is 11.5 Å². The van der Waals surface area contributed by atoms with Gasteiger partial charge in [-0.2, -0.15) is 0 Å². The second-order valence-electron chi connectivity index (χ2n) is 4.93. The Kier molecular flexibility index (Phi) is 3.70. The molecule has 98 valence electrons. The van der Waals surface area contributed by atoms with Crippen LogP contribution in [-0.2, 0) is 0 Å². The molecule has 0 aromatic heterocycles. The molecule has 0 amide bonds. The van der Waals surface area contributed by atoms with Crippen LogP contribution >= 0.6 is 0 Å². The van der Waals surface area contributed by atoms with Gasteiger partial charge in [0.2, 0.25) is 0 Å². The van der Waals surface area contributed by atoms with E-state index in [-0.39, 0.29) is 5.78 Å². The molecule has 2 heteroatoms. The van der Waals surface area contributed by atoms with Crippen molar-refractivity contribution in [2.45, 2.75) is 27.7 Å². The van der Waals surface area contributed by atoms with E-state index in [1.165, 1.54) is 5.56 Å². The third kappa shape index (κ3) is 3.02. The predicted molar refractivity (Wildman–Crippen MR) is 77.2 cm³/mol. The highest BCUT2D eigenvalue weighted by atomic mass is 16.5. The summed E-state index contributed by atoms with van der Waals surface area (Å²) >= 11 is 0. The SMILES string of the molecule is CC(=O)c1cc(C)ccc1Oc1ccc(C)cc1C. The van der Waals surface area contributed by atoms with Crippen molar-refractivity contribution in [2.75, 3.05) is 0 Å². The van der Waals surface area contributed by atoms with Gasteiger partial charge in [0.25, 0.3) is 0 Å². The van der Waals surface area contributed by atoms with E-state index in [0.29, 0.717) is 11.3 Å². The molecular formula is C17H18O2. The molecule has 0 N–H and O–H groups in total. The van der Waals surface area contributed by atoms with Crippen LogP contribution in [0.1, 0.15) is 34.0 Å². The topological polar surface area (TPSA) is 26.3 Å². The maximum Gasteiger partial charge on any atom is 0.163 e. The van der Waals surface area contributed by atoms with Crippen LogP contribution in [0.4, 0.5) is 0 Å². The van der Waals surface area contributed by atoms with E-state index in [4.69, 9.17) is 4.74 Å². The predicted octanol–water partition coefficient (Wildman–Crippen LogP) is 4.61.